The predicted molar refractivity (Wildman–Crippen MR) is 77.0 cm³/mol. The maximum atomic E-state index is 11.2. The molecule has 0 bridgehead atoms. The first kappa shape index (κ1) is 15.7. The minimum absolute atomic E-state index is 0.0732. The van der Waals surface area contributed by atoms with Crippen LogP contribution in [0.3, 0.4) is 0 Å². The van der Waals surface area contributed by atoms with Crippen LogP contribution in [0.1, 0.15) is 6.92 Å². The van der Waals surface area contributed by atoms with Crippen molar-refractivity contribution in [3.05, 3.63) is 24.3 Å². The molecule has 5 heteroatoms. The summed E-state index contributed by atoms with van der Waals surface area (Å²) in [6.45, 7) is 2.48. The van der Waals surface area contributed by atoms with E-state index in [-0.39, 0.29) is 11.9 Å². The van der Waals surface area contributed by atoms with E-state index in [0.29, 0.717) is 6.61 Å². The number of hydrogen-bond donors (Lipinski definition) is 0. The highest BCUT2D eigenvalue weighted by molar-refractivity contribution is 7.99. The highest BCUT2D eigenvalue weighted by Gasteiger charge is 2.12. The number of hydrogen-bond acceptors (Lipinski definition) is 5. The smallest absolute Gasteiger partial charge is 0.309 e. The third kappa shape index (κ3) is 5.87. The van der Waals surface area contributed by atoms with Gasteiger partial charge < -0.3 is 14.2 Å². The lowest BCUT2D eigenvalue weighted by molar-refractivity contribution is -0.143. The molecule has 0 saturated carbocycles. The molecule has 1 unspecified atom stereocenters. The van der Waals surface area contributed by atoms with E-state index in [1.165, 1.54) is 7.11 Å². The van der Waals surface area contributed by atoms with E-state index >= 15 is 0 Å². The third-order valence-corrected chi connectivity index (χ3v) is 3.72. The van der Waals surface area contributed by atoms with Crippen molar-refractivity contribution >= 4 is 17.7 Å². The van der Waals surface area contributed by atoms with Gasteiger partial charge in [-0.1, -0.05) is 6.92 Å². The Hall–Kier alpha value is -1.36. The molecule has 0 aliphatic carbocycles. The Kier molecular flexibility index (Phi) is 7.18. The number of carbonyl (C=O) groups excluding carboxylic acids is 1. The van der Waals surface area contributed by atoms with Gasteiger partial charge >= 0.3 is 5.97 Å². The van der Waals surface area contributed by atoms with Crippen LogP contribution in [0.25, 0.3) is 0 Å². The summed E-state index contributed by atoms with van der Waals surface area (Å²) in [7, 11) is 3.05. The van der Waals surface area contributed by atoms with Crippen LogP contribution in [0.15, 0.2) is 24.3 Å². The zero-order valence-electron chi connectivity index (χ0n) is 11.5. The number of thioether (sulfide) groups is 1. The van der Waals surface area contributed by atoms with E-state index in [0.717, 1.165) is 23.0 Å². The molecule has 1 aromatic carbocycles. The van der Waals surface area contributed by atoms with Crippen molar-refractivity contribution in [1.82, 2.24) is 0 Å². The lowest BCUT2D eigenvalue weighted by atomic mass is 10.2. The second-order valence-electron chi connectivity index (χ2n) is 4.02. The molecule has 1 rings (SSSR count). The summed E-state index contributed by atoms with van der Waals surface area (Å²) in [4.78, 5) is 11.2. The van der Waals surface area contributed by atoms with Crippen molar-refractivity contribution in [2.45, 2.75) is 6.92 Å². The van der Waals surface area contributed by atoms with Crippen molar-refractivity contribution in [1.29, 1.82) is 0 Å². The van der Waals surface area contributed by atoms with Gasteiger partial charge in [0.25, 0.3) is 0 Å². The monoisotopic (exact) mass is 284 g/mol. The Bertz CT molecular complexity index is 378. The molecule has 0 radical (unpaired) electrons. The van der Waals surface area contributed by atoms with Gasteiger partial charge in [-0.3, -0.25) is 4.79 Å². The largest absolute Gasteiger partial charge is 0.497 e. The Morgan fingerprint density at radius 1 is 1.21 bits per heavy atom. The van der Waals surface area contributed by atoms with Gasteiger partial charge in [0, 0.05) is 11.5 Å². The van der Waals surface area contributed by atoms with Crippen molar-refractivity contribution in [2.75, 3.05) is 32.3 Å². The summed E-state index contributed by atoms with van der Waals surface area (Å²) >= 11 is 1.68. The van der Waals surface area contributed by atoms with Crippen LogP contribution in [0, 0.1) is 5.92 Å². The van der Waals surface area contributed by atoms with E-state index < -0.39 is 0 Å². The first-order valence-electron chi connectivity index (χ1n) is 6.09. The summed E-state index contributed by atoms with van der Waals surface area (Å²) in [5.74, 6) is 2.99. The topological polar surface area (TPSA) is 44.8 Å². The SMILES string of the molecule is COC(=O)C(C)CSCCOc1ccc(OC)cc1. The standard InChI is InChI=1S/C14H20O4S/c1-11(14(15)17-3)10-19-9-8-18-13-6-4-12(16-2)5-7-13/h4-7,11H,8-10H2,1-3H3. The summed E-state index contributed by atoms with van der Waals surface area (Å²) in [6, 6.07) is 7.48. The molecule has 0 saturated heterocycles. The maximum absolute atomic E-state index is 11.2. The van der Waals surface area contributed by atoms with Gasteiger partial charge in [0.2, 0.25) is 0 Å². The summed E-state index contributed by atoms with van der Waals surface area (Å²) in [5, 5.41) is 0. The van der Waals surface area contributed by atoms with Crippen LogP contribution in [-0.4, -0.2) is 38.3 Å². The Labute approximate surface area is 118 Å². The van der Waals surface area contributed by atoms with Gasteiger partial charge in [-0.2, -0.15) is 11.8 Å². The molecule has 0 spiro atoms. The highest BCUT2D eigenvalue weighted by Crippen LogP contribution is 2.17. The number of ether oxygens (including phenoxy) is 3. The van der Waals surface area contributed by atoms with Gasteiger partial charge in [-0.05, 0) is 24.3 Å². The molecule has 106 valence electrons. The van der Waals surface area contributed by atoms with Crippen LogP contribution in [0.4, 0.5) is 0 Å². The van der Waals surface area contributed by atoms with E-state index in [9.17, 15) is 4.79 Å². The van der Waals surface area contributed by atoms with E-state index in [1.54, 1.807) is 18.9 Å². The fourth-order valence-electron chi connectivity index (χ4n) is 1.42. The fourth-order valence-corrected chi connectivity index (χ4v) is 2.28. The van der Waals surface area contributed by atoms with Crippen molar-refractivity contribution in [3.63, 3.8) is 0 Å². The quantitative estimate of drug-likeness (QED) is 0.542. The van der Waals surface area contributed by atoms with Crippen LogP contribution < -0.4 is 9.47 Å². The van der Waals surface area contributed by atoms with Crippen LogP contribution in [-0.2, 0) is 9.53 Å². The lowest BCUT2D eigenvalue weighted by Gasteiger charge is -2.09. The van der Waals surface area contributed by atoms with Gasteiger partial charge in [0.05, 0.1) is 26.7 Å². The van der Waals surface area contributed by atoms with Crippen LogP contribution in [0.5, 0.6) is 11.5 Å². The summed E-state index contributed by atoms with van der Waals surface area (Å²) in [6.07, 6.45) is 0. The normalized spacial score (nSPS) is 11.7. The molecule has 1 atom stereocenters. The summed E-state index contributed by atoms with van der Waals surface area (Å²) < 4.78 is 15.3. The first-order chi connectivity index (χ1) is 9.17. The van der Waals surface area contributed by atoms with Crippen molar-refractivity contribution < 1.29 is 19.0 Å². The molecule has 1 aromatic rings. The average Bonchev–Trinajstić information content (AvgIpc) is 2.46. The van der Waals surface area contributed by atoms with Gasteiger partial charge in [0.1, 0.15) is 11.5 Å². The molecule has 0 aliphatic heterocycles. The molecule has 0 aromatic heterocycles. The van der Waals surface area contributed by atoms with E-state index in [1.807, 2.05) is 31.2 Å². The van der Waals surface area contributed by atoms with Crippen molar-refractivity contribution in [2.24, 2.45) is 5.92 Å². The number of methoxy groups -OCH3 is 2. The average molecular weight is 284 g/mol. The highest BCUT2D eigenvalue weighted by atomic mass is 32.2. The number of esters is 1. The first-order valence-corrected chi connectivity index (χ1v) is 7.25. The molecule has 0 amide bonds. The Morgan fingerprint density at radius 2 is 1.84 bits per heavy atom. The van der Waals surface area contributed by atoms with Gasteiger partial charge in [0.15, 0.2) is 0 Å². The second kappa shape index (κ2) is 8.69. The van der Waals surface area contributed by atoms with Gasteiger partial charge in [-0.15, -0.1) is 0 Å². The van der Waals surface area contributed by atoms with E-state index in [2.05, 4.69) is 4.74 Å². The molecule has 19 heavy (non-hydrogen) atoms. The zero-order chi connectivity index (χ0) is 14.1. The van der Waals surface area contributed by atoms with Crippen LogP contribution in [0.2, 0.25) is 0 Å². The number of benzene rings is 1. The zero-order valence-corrected chi connectivity index (χ0v) is 12.4. The molecule has 0 aliphatic rings. The Morgan fingerprint density at radius 3 is 2.42 bits per heavy atom. The number of rotatable bonds is 8. The molecule has 0 fully saturated rings. The van der Waals surface area contributed by atoms with Crippen molar-refractivity contribution in [3.8, 4) is 11.5 Å². The summed E-state index contributed by atoms with van der Waals surface area (Å²) in [5.41, 5.74) is 0. The predicted octanol–water partition coefficient (Wildman–Crippen LogP) is 2.62. The molecule has 4 nitrogen and oxygen atoms in total. The molecular weight excluding hydrogens is 264 g/mol. The van der Waals surface area contributed by atoms with Crippen LogP contribution >= 0.6 is 11.8 Å². The fraction of sp³-hybridized carbons (Fsp3) is 0.500. The molecular formula is C14H20O4S. The minimum Gasteiger partial charge on any atom is -0.497 e. The van der Waals surface area contributed by atoms with Gasteiger partial charge in [-0.25, -0.2) is 0 Å². The Balaban J connectivity index is 2.15. The molecule has 0 heterocycles. The van der Waals surface area contributed by atoms with E-state index in [4.69, 9.17) is 9.47 Å². The maximum Gasteiger partial charge on any atom is 0.309 e. The number of carbonyl (C=O) groups is 1. The third-order valence-electron chi connectivity index (χ3n) is 2.53. The second-order valence-corrected chi connectivity index (χ2v) is 5.17. The molecule has 0 N–H and O–H groups in total. The lowest BCUT2D eigenvalue weighted by Crippen LogP contribution is -2.15. The minimum atomic E-state index is -0.163.